The van der Waals surface area contributed by atoms with Crippen LogP contribution in [0.2, 0.25) is 0 Å². The topological polar surface area (TPSA) is 198 Å². The lowest BCUT2D eigenvalue weighted by molar-refractivity contribution is -0.386. The number of phenolic OH excluding ortho intramolecular Hbond substituents is 1. The number of benzene rings is 3. The number of nitrogen functional groups attached to an aromatic ring is 1. The summed E-state index contributed by atoms with van der Waals surface area (Å²) in [5, 5.41) is 21.7. The summed E-state index contributed by atoms with van der Waals surface area (Å²) in [5.41, 5.74) is 7.42. The van der Waals surface area contributed by atoms with Crippen molar-refractivity contribution in [2.24, 2.45) is 0 Å². The van der Waals surface area contributed by atoms with E-state index in [1.807, 2.05) is 104 Å². The zero-order valence-electron chi connectivity index (χ0n) is 40.3. The van der Waals surface area contributed by atoms with Crippen LogP contribution in [0.1, 0.15) is 132 Å². The van der Waals surface area contributed by atoms with E-state index in [1.165, 1.54) is 18.2 Å². The molecule has 2 aliphatic rings. The van der Waals surface area contributed by atoms with Crippen molar-refractivity contribution in [1.29, 1.82) is 0 Å². The van der Waals surface area contributed by atoms with Crippen molar-refractivity contribution >= 4 is 35.4 Å². The maximum absolute atomic E-state index is 13.8. The van der Waals surface area contributed by atoms with Gasteiger partial charge < -0.3 is 44.7 Å². The predicted molar refractivity (Wildman–Crippen MR) is 250 cm³/mol. The maximum Gasteiger partial charge on any atom is 0.410 e. The van der Waals surface area contributed by atoms with E-state index in [4.69, 9.17) is 19.9 Å². The first-order chi connectivity index (χ1) is 30.3. The molecular formula is C49H70N6O10. The number of likely N-dealkylation sites (tertiary alicyclic amines) is 2. The molecule has 2 saturated heterocycles. The molecule has 2 fully saturated rings. The molecule has 0 bridgehead atoms. The fraction of sp³-hybridized carbons (Fsp3) is 0.551. The SMILES string of the molecule is Cc1cc(O)c(N)cc1C(=O)N(C(C)C)[C@@H]1CCCN(C(=O)OC(C)(C)C)C1.Cc1cc(OCc2ccccc2)c([N+](=O)[O-])cc1C(=O)N(C(C)C)[C@@H]1CCCN(C(=O)OC(C)(C)C)C1. The summed E-state index contributed by atoms with van der Waals surface area (Å²) < 4.78 is 16.8. The fourth-order valence-corrected chi connectivity index (χ4v) is 8.10. The van der Waals surface area contributed by atoms with Gasteiger partial charge in [-0.05, 0) is 144 Å². The number of rotatable bonds is 10. The molecule has 16 nitrogen and oxygen atoms in total. The Labute approximate surface area is 384 Å². The molecule has 3 aromatic carbocycles. The van der Waals surface area contributed by atoms with Crippen LogP contribution in [0.5, 0.6) is 11.5 Å². The minimum absolute atomic E-state index is 0.0288. The number of hydrogen-bond acceptors (Lipinski definition) is 11. The standard InChI is InChI=1S/C28H37N3O6.C21H33N3O4/c1-19(2)30(22-13-10-14-29(17-22)27(33)37-28(4,5)6)26(32)23-16-24(31(34)35)25(15-20(23)3)36-18-21-11-8-7-9-12-21;1-13(2)24(19(26)16-11-17(22)18(25)10-14(16)3)15-8-7-9-23(12-15)20(27)28-21(4,5)6/h7-9,11-12,15-16,19,22H,10,13-14,17-18H2,1-6H3;10-11,13,15,25H,7-9,12,22H2,1-6H3/t22-;15-/m11/s1. The first-order valence-electron chi connectivity index (χ1n) is 22.4. The number of nitro groups is 1. The van der Waals surface area contributed by atoms with Crippen LogP contribution in [0.25, 0.3) is 0 Å². The Morgan fingerprint density at radius 1 is 0.769 bits per heavy atom. The zero-order valence-corrected chi connectivity index (χ0v) is 40.3. The van der Waals surface area contributed by atoms with Crippen LogP contribution < -0.4 is 10.5 Å². The van der Waals surface area contributed by atoms with Crippen LogP contribution in [0, 0.1) is 24.0 Å². The molecule has 16 heteroatoms. The van der Waals surface area contributed by atoms with Crippen molar-refractivity contribution in [2.45, 2.75) is 151 Å². The summed E-state index contributed by atoms with van der Waals surface area (Å²) in [6, 6.07) is 14.7. The molecule has 356 valence electrons. The second kappa shape index (κ2) is 21.7. The van der Waals surface area contributed by atoms with E-state index >= 15 is 0 Å². The van der Waals surface area contributed by atoms with Gasteiger partial charge in [-0.3, -0.25) is 19.7 Å². The largest absolute Gasteiger partial charge is 0.506 e. The minimum atomic E-state index is -0.613. The Balaban J connectivity index is 0.000000296. The van der Waals surface area contributed by atoms with Crippen molar-refractivity contribution in [3.05, 3.63) is 92.5 Å². The Hall–Kier alpha value is -6.06. The molecular weight excluding hydrogens is 833 g/mol. The molecule has 5 rings (SSSR count). The minimum Gasteiger partial charge on any atom is -0.506 e. The van der Waals surface area contributed by atoms with Gasteiger partial charge in [-0.1, -0.05) is 30.3 Å². The highest BCUT2D eigenvalue weighted by atomic mass is 16.6. The number of nitrogens with zero attached hydrogens (tertiary/aromatic N) is 5. The molecule has 0 spiro atoms. The summed E-state index contributed by atoms with van der Waals surface area (Å²) in [4.78, 5) is 70.5. The van der Waals surface area contributed by atoms with Crippen LogP contribution in [0.4, 0.5) is 21.0 Å². The monoisotopic (exact) mass is 903 g/mol. The Morgan fingerprint density at radius 3 is 1.65 bits per heavy atom. The summed E-state index contributed by atoms with van der Waals surface area (Å²) in [7, 11) is 0. The maximum atomic E-state index is 13.8. The van der Waals surface area contributed by atoms with Gasteiger partial charge in [-0.2, -0.15) is 0 Å². The van der Waals surface area contributed by atoms with E-state index in [1.54, 1.807) is 34.6 Å². The predicted octanol–water partition coefficient (Wildman–Crippen LogP) is 9.27. The first-order valence-corrected chi connectivity index (χ1v) is 22.4. The second-order valence-corrected chi connectivity index (χ2v) is 19.4. The fourth-order valence-electron chi connectivity index (χ4n) is 8.10. The molecule has 2 atom stereocenters. The summed E-state index contributed by atoms with van der Waals surface area (Å²) in [5.74, 6) is -0.358. The number of nitrogens with two attached hydrogens (primary N) is 1. The van der Waals surface area contributed by atoms with E-state index in [0.717, 1.165) is 31.2 Å². The highest BCUT2D eigenvalue weighted by molar-refractivity contribution is 5.98. The molecule has 0 radical (unpaired) electrons. The van der Waals surface area contributed by atoms with Gasteiger partial charge in [0.1, 0.15) is 23.6 Å². The molecule has 0 saturated carbocycles. The third-order valence-electron chi connectivity index (χ3n) is 11.0. The van der Waals surface area contributed by atoms with Crippen LogP contribution in [-0.2, 0) is 16.1 Å². The van der Waals surface area contributed by atoms with E-state index in [-0.39, 0.29) is 77.1 Å². The lowest BCUT2D eigenvalue weighted by Gasteiger charge is -2.41. The number of aryl methyl sites for hydroxylation is 2. The Morgan fingerprint density at radius 2 is 1.22 bits per heavy atom. The second-order valence-electron chi connectivity index (χ2n) is 19.4. The van der Waals surface area contributed by atoms with Crippen LogP contribution >= 0.6 is 0 Å². The van der Waals surface area contributed by atoms with E-state index in [0.29, 0.717) is 42.9 Å². The normalized spacial score (nSPS) is 16.6. The van der Waals surface area contributed by atoms with Crippen LogP contribution in [0.15, 0.2) is 54.6 Å². The van der Waals surface area contributed by atoms with Crippen molar-refractivity contribution in [3.63, 3.8) is 0 Å². The molecule has 3 aromatic rings. The lowest BCUT2D eigenvalue weighted by atomic mass is 9.99. The molecule has 0 unspecified atom stereocenters. The molecule has 2 heterocycles. The zero-order chi connectivity index (χ0) is 48.6. The average Bonchev–Trinajstić information content (AvgIpc) is 3.20. The van der Waals surface area contributed by atoms with Gasteiger partial charge in [0.05, 0.1) is 22.7 Å². The number of phenols is 1. The molecule has 4 amide bonds. The third-order valence-corrected chi connectivity index (χ3v) is 11.0. The number of aromatic hydroxyl groups is 1. The third kappa shape index (κ3) is 14.2. The lowest BCUT2D eigenvalue weighted by Crippen LogP contribution is -2.54. The summed E-state index contributed by atoms with van der Waals surface area (Å²) >= 11 is 0. The summed E-state index contributed by atoms with van der Waals surface area (Å²) in [6.07, 6.45) is 2.32. The van der Waals surface area contributed by atoms with Crippen LogP contribution in [-0.4, -0.2) is 115 Å². The van der Waals surface area contributed by atoms with Gasteiger partial charge in [0.25, 0.3) is 11.8 Å². The smallest absolute Gasteiger partial charge is 0.410 e. The highest BCUT2D eigenvalue weighted by Crippen LogP contribution is 2.34. The highest BCUT2D eigenvalue weighted by Gasteiger charge is 2.37. The van der Waals surface area contributed by atoms with Crippen molar-refractivity contribution in [2.75, 3.05) is 31.9 Å². The van der Waals surface area contributed by atoms with Gasteiger partial charge in [-0.15, -0.1) is 0 Å². The van der Waals surface area contributed by atoms with Crippen molar-refractivity contribution < 1.29 is 43.4 Å². The average molecular weight is 903 g/mol. The molecule has 0 aromatic heterocycles. The Kier molecular flexibility index (Phi) is 17.3. The van der Waals surface area contributed by atoms with E-state index in [9.17, 15) is 34.4 Å². The van der Waals surface area contributed by atoms with E-state index in [2.05, 4.69) is 0 Å². The van der Waals surface area contributed by atoms with Gasteiger partial charge in [0, 0.05) is 55.5 Å². The van der Waals surface area contributed by atoms with Gasteiger partial charge in [0.15, 0.2) is 5.75 Å². The molecule has 65 heavy (non-hydrogen) atoms. The van der Waals surface area contributed by atoms with Crippen molar-refractivity contribution in [3.8, 4) is 11.5 Å². The molecule has 3 N–H and O–H groups in total. The number of amides is 4. The number of piperidine rings is 2. The molecule has 2 aliphatic heterocycles. The number of carbonyl (C=O) groups excluding carboxylic acids is 4. The first kappa shape index (κ1) is 51.6. The van der Waals surface area contributed by atoms with E-state index < -0.39 is 22.2 Å². The summed E-state index contributed by atoms with van der Waals surface area (Å²) in [6.45, 7) is 24.4. The number of anilines is 1. The van der Waals surface area contributed by atoms with Crippen molar-refractivity contribution in [1.82, 2.24) is 19.6 Å². The number of carbonyl (C=O) groups is 4. The van der Waals surface area contributed by atoms with Crippen LogP contribution in [0.3, 0.4) is 0 Å². The number of nitro benzene ring substituents is 1. The number of ether oxygens (including phenoxy) is 3. The Bertz CT molecular complexity index is 2160. The van der Waals surface area contributed by atoms with Gasteiger partial charge >= 0.3 is 17.9 Å². The van der Waals surface area contributed by atoms with Gasteiger partial charge in [0.2, 0.25) is 0 Å². The van der Waals surface area contributed by atoms with Gasteiger partial charge in [-0.25, -0.2) is 9.59 Å². The number of hydrogen-bond donors (Lipinski definition) is 2. The molecule has 0 aliphatic carbocycles. The quantitative estimate of drug-likeness (QED) is 0.0851.